The first-order chi connectivity index (χ1) is 15.5. The van der Waals surface area contributed by atoms with Crippen molar-refractivity contribution >= 4 is 17.2 Å². The summed E-state index contributed by atoms with van der Waals surface area (Å²) in [5.41, 5.74) is 2.21. The van der Waals surface area contributed by atoms with Crippen LogP contribution < -0.4 is 4.74 Å². The molecule has 168 valence electrons. The summed E-state index contributed by atoms with van der Waals surface area (Å²) in [6, 6.07) is 19.0. The largest absolute Gasteiger partial charge is 0.497 e. The third-order valence-electron chi connectivity index (χ3n) is 6.21. The maximum Gasteiger partial charge on any atom is 0.219 e. The summed E-state index contributed by atoms with van der Waals surface area (Å²) in [6.07, 6.45) is 0. The van der Waals surface area contributed by atoms with Crippen molar-refractivity contribution in [3.63, 3.8) is 0 Å². The zero-order valence-corrected chi connectivity index (χ0v) is 19.4. The summed E-state index contributed by atoms with van der Waals surface area (Å²) in [6.45, 7) is 5.60. The molecule has 0 bridgehead atoms. The summed E-state index contributed by atoms with van der Waals surface area (Å²) in [7, 11) is 1.68. The Balaban J connectivity index is 1.53. The SMILES string of the molecule is COc1ccc([C@@H]2CN(Cc3cccs3)C[C@H]2CN(Cc2ccc(F)cc2)C(C)=O)cc1. The van der Waals surface area contributed by atoms with Crippen LogP contribution in [0.5, 0.6) is 5.75 Å². The van der Waals surface area contributed by atoms with Crippen LogP contribution in [0.1, 0.15) is 28.8 Å². The Bertz CT molecular complexity index is 1010. The van der Waals surface area contributed by atoms with Crippen LogP contribution in [0.3, 0.4) is 0 Å². The van der Waals surface area contributed by atoms with Crippen LogP contribution in [-0.2, 0) is 17.9 Å². The van der Waals surface area contributed by atoms with Crippen molar-refractivity contribution in [2.24, 2.45) is 5.92 Å². The van der Waals surface area contributed by atoms with Crippen LogP contribution in [0.2, 0.25) is 0 Å². The second kappa shape index (κ2) is 10.3. The van der Waals surface area contributed by atoms with Gasteiger partial charge in [-0.25, -0.2) is 4.39 Å². The number of halogens is 1. The zero-order valence-electron chi connectivity index (χ0n) is 18.5. The van der Waals surface area contributed by atoms with Crippen molar-refractivity contribution in [3.8, 4) is 5.75 Å². The van der Waals surface area contributed by atoms with E-state index in [0.717, 1.165) is 30.9 Å². The van der Waals surface area contributed by atoms with Gasteiger partial charge in [0.1, 0.15) is 11.6 Å². The minimum absolute atomic E-state index is 0.0412. The second-order valence-corrected chi connectivity index (χ2v) is 9.47. The van der Waals surface area contributed by atoms with E-state index in [1.54, 1.807) is 37.5 Å². The Morgan fingerprint density at radius 3 is 2.50 bits per heavy atom. The van der Waals surface area contributed by atoms with Crippen molar-refractivity contribution < 1.29 is 13.9 Å². The van der Waals surface area contributed by atoms with Gasteiger partial charge in [-0.1, -0.05) is 30.3 Å². The topological polar surface area (TPSA) is 32.8 Å². The highest BCUT2D eigenvalue weighted by molar-refractivity contribution is 7.09. The number of nitrogens with zero attached hydrogens (tertiary/aromatic N) is 2. The normalized spacial score (nSPS) is 18.6. The van der Waals surface area contributed by atoms with Crippen LogP contribution in [-0.4, -0.2) is 42.5 Å². The molecule has 1 aliphatic heterocycles. The van der Waals surface area contributed by atoms with Gasteiger partial charge in [0.2, 0.25) is 5.91 Å². The average molecular weight is 453 g/mol. The van der Waals surface area contributed by atoms with Crippen molar-refractivity contribution in [1.82, 2.24) is 9.80 Å². The molecule has 4 nitrogen and oxygen atoms in total. The third kappa shape index (κ3) is 5.56. The van der Waals surface area contributed by atoms with Gasteiger partial charge in [-0.2, -0.15) is 0 Å². The summed E-state index contributed by atoms with van der Waals surface area (Å²) >= 11 is 1.78. The molecule has 4 rings (SSSR count). The molecule has 0 N–H and O–H groups in total. The Kier molecular flexibility index (Phi) is 7.22. The fraction of sp³-hybridized carbons (Fsp3) is 0.346. The van der Waals surface area contributed by atoms with Crippen LogP contribution in [0.25, 0.3) is 0 Å². The van der Waals surface area contributed by atoms with E-state index in [-0.39, 0.29) is 11.7 Å². The molecule has 1 fully saturated rings. The number of ether oxygens (including phenoxy) is 1. The lowest BCUT2D eigenvalue weighted by Gasteiger charge is -2.28. The molecule has 1 aromatic heterocycles. The molecule has 1 amide bonds. The van der Waals surface area contributed by atoms with E-state index in [0.29, 0.717) is 24.9 Å². The van der Waals surface area contributed by atoms with Crippen molar-refractivity contribution in [2.45, 2.75) is 25.9 Å². The number of likely N-dealkylation sites (tertiary alicyclic amines) is 1. The van der Waals surface area contributed by atoms with Crippen LogP contribution in [0.4, 0.5) is 4.39 Å². The number of benzene rings is 2. The number of rotatable bonds is 8. The predicted octanol–water partition coefficient (Wildman–Crippen LogP) is 5.16. The molecule has 0 saturated carbocycles. The van der Waals surface area contributed by atoms with Gasteiger partial charge in [-0.05, 0) is 52.8 Å². The van der Waals surface area contributed by atoms with Gasteiger partial charge in [-0.15, -0.1) is 11.3 Å². The van der Waals surface area contributed by atoms with E-state index < -0.39 is 0 Å². The summed E-state index contributed by atoms with van der Waals surface area (Å²) in [5, 5.41) is 2.12. The first kappa shape index (κ1) is 22.5. The smallest absolute Gasteiger partial charge is 0.219 e. The molecule has 2 atom stereocenters. The molecular weight excluding hydrogens is 423 g/mol. The van der Waals surface area contributed by atoms with Gasteiger partial charge in [0.05, 0.1) is 7.11 Å². The van der Waals surface area contributed by atoms with Crippen molar-refractivity contribution in [1.29, 1.82) is 0 Å². The molecule has 6 heteroatoms. The lowest BCUT2D eigenvalue weighted by Crippen LogP contribution is -2.35. The summed E-state index contributed by atoms with van der Waals surface area (Å²) in [4.78, 5) is 18.2. The first-order valence-corrected chi connectivity index (χ1v) is 11.8. The lowest BCUT2D eigenvalue weighted by atomic mass is 9.88. The predicted molar refractivity (Wildman–Crippen MR) is 126 cm³/mol. The number of carbonyl (C=O) groups is 1. The van der Waals surface area contributed by atoms with E-state index in [1.165, 1.54) is 22.6 Å². The molecule has 2 heterocycles. The molecule has 1 aliphatic rings. The highest BCUT2D eigenvalue weighted by atomic mass is 32.1. The molecule has 3 aromatic rings. The number of methoxy groups -OCH3 is 1. The van der Waals surface area contributed by atoms with Crippen molar-refractivity contribution in [3.05, 3.63) is 87.9 Å². The van der Waals surface area contributed by atoms with E-state index >= 15 is 0 Å². The molecule has 0 spiro atoms. The number of amides is 1. The minimum Gasteiger partial charge on any atom is -0.497 e. The fourth-order valence-corrected chi connectivity index (χ4v) is 5.27. The molecule has 32 heavy (non-hydrogen) atoms. The highest BCUT2D eigenvalue weighted by Crippen LogP contribution is 2.35. The number of carbonyl (C=O) groups excluding carboxylic acids is 1. The number of hydrogen-bond donors (Lipinski definition) is 0. The van der Waals surface area contributed by atoms with Crippen LogP contribution in [0, 0.1) is 11.7 Å². The summed E-state index contributed by atoms with van der Waals surface area (Å²) < 4.78 is 18.6. The monoisotopic (exact) mass is 452 g/mol. The maximum absolute atomic E-state index is 13.3. The molecule has 0 aliphatic carbocycles. The number of thiophene rings is 1. The third-order valence-corrected chi connectivity index (χ3v) is 7.07. The van der Waals surface area contributed by atoms with Crippen molar-refractivity contribution in [2.75, 3.05) is 26.7 Å². The van der Waals surface area contributed by atoms with E-state index in [2.05, 4.69) is 34.5 Å². The van der Waals surface area contributed by atoms with Gasteiger partial charge < -0.3 is 9.64 Å². The Hall–Kier alpha value is -2.70. The van der Waals surface area contributed by atoms with E-state index in [1.807, 2.05) is 17.0 Å². The second-order valence-electron chi connectivity index (χ2n) is 8.44. The molecular formula is C26H29FN2O2S. The molecule has 0 radical (unpaired) electrons. The van der Waals surface area contributed by atoms with Gasteiger partial charge in [0.25, 0.3) is 0 Å². The van der Waals surface area contributed by atoms with Gasteiger partial charge in [0, 0.05) is 50.4 Å². The van der Waals surface area contributed by atoms with Gasteiger partial charge in [-0.3, -0.25) is 9.69 Å². The summed E-state index contributed by atoms with van der Waals surface area (Å²) in [5.74, 6) is 1.27. The number of hydrogen-bond acceptors (Lipinski definition) is 4. The standard InChI is InChI=1S/C26H29FN2O2S/c1-19(30)29(14-20-5-9-23(27)10-6-20)16-22-15-28(17-25-4-3-13-32-25)18-26(22)21-7-11-24(31-2)12-8-21/h3-13,22,26H,14-18H2,1-2H3/t22-,26-/m0/s1. The van der Waals surface area contributed by atoms with Gasteiger partial charge >= 0.3 is 0 Å². The Labute approximate surface area is 193 Å². The fourth-order valence-electron chi connectivity index (χ4n) is 4.52. The highest BCUT2D eigenvalue weighted by Gasteiger charge is 2.35. The van der Waals surface area contributed by atoms with Crippen LogP contribution >= 0.6 is 11.3 Å². The average Bonchev–Trinajstić information content (AvgIpc) is 3.45. The van der Waals surface area contributed by atoms with E-state index in [9.17, 15) is 9.18 Å². The molecule has 2 aromatic carbocycles. The zero-order chi connectivity index (χ0) is 22.5. The van der Waals surface area contributed by atoms with Gasteiger partial charge in [0.15, 0.2) is 0 Å². The quantitative estimate of drug-likeness (QED) is 0.473. The Morgan fingerprint density at radius 2 is 1.88 bits per heavy atom. The Morgan fingerprint density at radius 1 is 1.12 bits per heavy atom. The maximum atomic E-state index is 13.3. The minimum atomic E-state index is -0.261. The van der Waals surface area contributed by atoms with E-state index in [4.69, 9.17) is 4.74 Å². The molecule has 0 unspecified atom stereocenters. The first-order valence-electron chi connectivity index (χ1n) is 10.9. The molecule has 1 saturated heterocycles. The lowest BCUT2D eigenvalue weighted by molar-refractivity contribution is -0.130. The van der Waals surface area contributed by atoms with Crippen LogP contribution in [0.15, 0.2) is 66.0 Å².